The molecule has 0 spiro atoms. The maximum Gasteiger partial charge on any atom is 0.123 e. The van der Waals surface area contributed by atoms with E-state index in [1.165, 1.54) is 24.0 Å². The Morgan fingerprint density at radius 1 is 1.17 bits per heavy atom. The normalized spacial score (nSPS) is 21.1. The minimum Gasteiger partial charge on any atom is -0.496 e. The summed E-state index contributed by atoms with van der Waals surface area (Å²) in [6.45, 7) is 1.90. The SMILES string of the molecule is COc1ccccc1CN[C@@H]1CCCN[C@@H]1c1ccc(Br)cc1. The second-order valence-electron chi connectivity index (χ2n) is 5.92. The van der Waals surface area contributed by atoms with Crippen LogP contribution in [0.5, 0.6) is 5.75 Å². The molecule has 1 aliphatic rings. The van der Waals surface area contributed by atoms with E-state index in [1.807, 2.05) is 12.1 Å². The number of benzene rings is 2. The Kier molecular flexibility index (Phi) is 5.70. The van der Waals surface area contributed by atoms with Gasteiger partial charge in [-0.1, -0.05) is 46.3 Å². The van der Waals surface area contributed by atoms with E-state index in [1.54, 1.807) is 7.11 Å². The van der Waals surface area contributed by atoms with Gasteiger partial charge in [-0.3, -0.25) is 0 Å². The predicted octanol–water partition coefficient (Wildman–Crippen LogP) is 4.04. The molecule has 0 radical (unpaired) electrons. The van der Waals surface area contributed by atoms with Gasteiger partial charge >= 0.3 is 0 Å². The molecule has 0 unspecified atom stereocenters. The van der Waals surface area contributed by atoms with E-state index in [4.69, 9.17) is 4.74 Å². The molecule has 1 heterocycles. The Morgan fingerprint density at radius 3 is 2.74 bits per heavy atom. The Balaban J connectivity index is 1.70. The number of piperidine rings is 1. The lowest BCUT2D eigenvalue weighted by molar-refractivity contribution is 0.303. The molecular weight excluding hydrogens is 352 g/mol. The van der Waals surface area contributed by atoms with Crippen LogP contribution in [0.4, 0.5) is 0 Å². The summed E-state index contributed by atoms with van der Waals surface area (Å²) < 4.78 is 6.57. The standard InChI is InChI=1S/C19H23BrN2O/c1-23-18-7-3-2-5-15(18)13-22-17-6-4-12-21-19(17)14-8-10-16(20)11-9-14/h2-3,5,7-11,17,19,21-22H,4,6,12-13H2,1H3/t17-,19-/m1/s1. The van der Waals surface area contributed by atoms with E-state index in [2.05, 4.69) is 63.0 Å². The van der Waals surface area contributed by atoms with Crippen LogP contribution in [-0.4, -0.2) is 19.7 Å². The van der Waals surface area contributed by atoms with Gasteiger partial charge in [0.2, 0.25) is 0 Å². The lowest BCUT2D eigenvalue weighted by Gasteiger charge is -2.34. The minimum absolute atomic E-state index is 0.353. The van der Waals surface area contributed by atoms with Crippen molar-refractivity contribution < 1.29 is 4.74 Å². The molecule has 2 aromatic carbocycles. The average Bonchev–Trinajstić information content (AvgIpc) is 2.61. The Bertz CT molecular complexity index is 630. The molecule has 2 aromatic rings. The van der Waals surface area contributed by atoms with Crippen molar-refractivity contribution in [3.8, 4) is 5.75 Å². The summed E-state index contributed by atoms with van der Waals surface area (Å²) in [5.41, 5.74) is 2.54. The molecule has 2 atom stereocenters. The van der Waals surface area contributed by atoms with Gasteiger partial charge in [-0.2, -0.15) is 0 Å². The number of para-hydroxylation sites is 1. The van der Waals surface area contributed by atoms with Gasteiger partial charge in [0.25, 0.3) is 0 Å². The number of rotatable bonds is 5. The second-order valence-corrected chi connectivity index (χ2v) is 6.84. The molecule has 122 valence electrons. The number of hydrogen-bond acceptors (Lipinski definition) is 3. The second kappa shape index (κ2) is 7.95. The monoisotopic (exact) mass is 374 g/mol. The van der Waals surface area contributed by atoms with Crippen LogP contribution in [0.2, 0.25) is 0 Å². The zero-order chi connectivity index (χ0) is 16.1. The molecule has 0 saturated carbocycles. The number of hydrogen-bond donors (Lipinski definition) is 2. The highest BCUT2D eigenvalue weighted by molar-refractivity contribution is 9.10. The van der Waals surface area contributed by atoms with Crippen LogP contribution in [0.25, 0.3) is 0 Å². The summed E-state index contributed by atoms with van der Waals surface area (Å²) in [6, 6.07) is 17.6. The molecule has 1 fully saturated rings. The van der Waals surface area contributed by atoms with Crippen LogP contribution < -0.4 is 15.4 Å². The van der Waals surface area contributed by atoms with Gasteiger partial charge < -0.3 is 15.4 Å². The van der Waals surface area contributed by atoms with Gasteiger partial charge in [-0.15, -0.1) is 0 Å². The first-order chi connectivity index (χ1) is 11.3. The molecule has 2 N–H and O–H groups in total. The fourth-order valence-corrected chi connectivity index (χ4v) is 3.48. The van der Waals surface area contributed by atoms with Gasteiger partial charge in [0.15, 0.2) is 0 Å². The lowest BCUT2D eigenvalue weighted by Crippen LogP contribution is -2.45. The molecule has 0 aromatic heterocycles. The maximum atomic E-state index is 5.45. The number of ether oxygens (including phenoxy) is 1. The summed E-state index contributed by atoms with van der Waals surface area (Å²) in [4.78, 5) is 0. The lowest BCUT2D eigenvalue weighted by atomic mass is 9.92. The molecule has 0 aliphatic carbocycles. The van der Waals surface area contributed by atoms with E-state index in [9.17, 15) is 0 Å². The average molecular weight is 375 g/mol. The van der Waals surface area contributed by atoms with Gasteiger partial charge in [0.1, 0.15) is 5.75 Å². The predicted molar refractivity (Wildman–Crippen MR) is 97.7 cm³/mol. The Labute approximate surface area is 146 Å². The summed E-state index contributed by atoms with van der Waals surface area (Å²) in [5.74, 6) is 0.948. The Morgan fingerprint density at radius 2 is 1.96 bits per heavy atom. The highest BCUT2D eigenvalue weighted by atomic mass is 79.9. The number of nitrogens with one attached hydrogen (secondary N) is 2. The van der Waals surface area contributed by atoms with Crippen molar-refractivity contribution >= 4 is 15.9 Å². The van der Waals surface area contributed by atoms with E-state index >= 15 is 0 Å². The number of methoxy groups -OCH3 is 1. The minimum atomic E-state index is 0.353. The molecule has 3 rings (SSSR count). The van der Waals surface area contributed by atoms with Crippen LogP contribution in [0.15, 0.2) is 53.0 Å². The highest BCUT2D eigenvalue weighted by Gasteiger charge is 2.25. The summed E-state index contributed by atoms with van der Waals surface area (Å²) in [5, 5.41) is 7.38. The molecule has 0 amide bonds. The van der Waals surface area contributed by atoms with Crippen molar-refractivity contribution in [3.63, 3.8) is 0 Å². The van der Waals surface area contributed by atoms with Crippen molar-refractivity contribution in [2.45, 2.75) is 31.5 Å². The largest absolute Gasteiger partial charge is 0.496 e. The van der Waals surface area contributed by atoms with Crippen LogP contribution in [0, 0.1) is 0 Å². The first-order valence-electron chi connectivity index (χ1n) is 8.12. The third-order valence-corrected chi connectivity index (χ3v) is 4.96. The van der Waals surface area contributed by atoms with Crippen LogP contribution in [0.3, 0.4) is 0 Å². The van der Waals surface area contributed by atoms with E-state index in [0.717, 1.165) is 23.3 Å². The number of halogens is 1. The molecule has 3 nitrogen and oxygen atoms in total. The zero-order valence-corrected chi connectivity index (χ0v) is 15.0. The van der Waals surface area contributed by atoms with Crippen molar-refractivity contribution in [1.82, 2.24) is 10.6 Å². The highest BCUT2D eigenvalue weighted by Crippen LogP contribution is 2.26. The fraction of sp³-hybridized carbons (Fsp3) is 0.368. The van der Waals surface area contributed by atoms with Crippen LogP contribution in [0.1, 0.15) is 30.0 Å². The first kappa shape index (κ1) is 16.5. The van der Waals surface area contributed by atoms with Crippen LogP contribution >= 0.6 is 15.9 Å². The Hall–Kier alpha value is -1.36. The van der Waals surface area contributed by atoms with Gasteiger partial charge in [-0.25, -0.2) is 0 Å². The topological polar surface area (TPSA) is 33.3 Å². The summed E-state index contributed by atoms with van der Waals surface area (Å²) in [7, 11) is 1.73. The molecule has 4 heteroatoms. The molecule has 1 aliphatic heterocycles. The van der Waals surface area contributed by atoms with Crippen LogP contribution in [-0.2, 0) is 6.54 Å². The van der Waals surface area contributed by atoms with Crippen molar-refractivity contribution in [2.24, 2.45) is 0 Å². The molecule has 23 heavy (non-hydrogen) atoms. The maximum absolute atomic E-state index is 5.45. The third kappa shape index (κ3) is 4.14. The van der Waals surface area contributed by atoms with E-state index in [0.29, 0.717) is 12.1 Å². The van der Waals surface area contributed by atoms with E-state index in [-0.39, 0.29) is 0 Å². The smallest absolute Gasteiger partial charge is 0.123 e. The summed E-state index contributed by atoms with van der Waals surface area (Å²) in [6.07, 6.45) is 2.39. The molecular formula is C19H23BrN2O. The summed E-state index contributed by atoms with van der Waals surface area (Å²) >= 11 is 3.51. The van der Waals surface area contributed by atoms with Crippen molar-refractivity contribution in [3.05, 3.63) is 64.1 Å². The van der Waals surface area contributed by atoms with Gasteiger partial charge in [0, 0.05) is 28.7 Å². The van der Waals surface area contributed by atoms with Crippen molar-refractivity contribution in [2.75, 3.05) is 13.7 Å². The quantitative estimate of drug-likeness (QED) is 0.828. The molecule has 0 bridgehead atoms. The van der Waals surface area contributed by atoms with Gasteiger partial charge in [-0.05, 0) is 43.1 Å². The third-order valence-electron chi connectivity index (χ3n) is 4.43. The van der Waals surface area contributed by atoms with Gasteiger partial charge in [0.05, 0.1) is 7.11 Å². The molecule has 1 saturated heterocycles. The fourth-order valence-electron chi connectivity index (χ4n) is 3.22. The zero-order valence-electron chi connectivity index (χ0n) is 13.4. The first-order valence-corrected chi connectivity index (χ1v) is 8.91. The van der Waals surface area contributed by atoms with E-state index < -0.39 is 0 Å². The van der Waals surface area contributed by atoms with Crippen molar-refractivity contribution in [1.29, 1.82) is 0 Å².